The van der Waals surface area contributed by atoms with Gasteiger partial charge in [0.2, 0.25) is 5.91 Å². The number of nitrogens with zero attached hydrogens (tertiary/aromatic N) is 3. The Bertz CT molecular complexity index is 846. The molecule has 1 saturated heterocycles. The van der Waals surface area contributed by atoms with E-state index in [9.17, 15) is 14.7 Å². The van der Waals surface area contributed by atoms with E-state index in [2.05, 4.69) is 5.10 Å². The molecule has 7 nitrogen and oxygen atoms in total. The van der Waals surface area contributed by atoms with Gasteiger partial charge in [0.1, 0.15) is 12.6 Å². The number of amides is 1. The van der Waals surface area contributed by atoms with Gasteiger partial charge >= 0.3 is 0 Å². The first-order valence-electron chi connectivity index (χ1n) is 8.44. The van der Waals surface area contributed by atoms with Crippen molar-refractivity contribution in [1.29, 1.82) is 0 Å². The first-order valence-corrected chi connectivity index (χ1v) is 8.44. The highest BCUT2D eigenvalue weighted by molar-refractivity contribution is 5.83. The van der Waals surface area contributed by atoms with Crippen molar-refractivity contribution in [3.05, 3.63) is 40.3 Å². The lowest BCUT2D eigenvalue weighted by Crippen LogP contribution is -2.37. The minimum absolute atomic E-state index is 0.0258. The van der Waals surface area contributed by atoms with Gasteiger partial charge in [-0.3, -0.25) is 9.59 Å². The number of aryl methyl sites for hydroxylation is 1. The van der Waals surface area contributed by atoms with Gasteiger partial charge in [0.25, 0.3) is 5.56 Å². The molecule has 0 radical (unpaired) electrons. The van der Waals surface area contributed by atoms with Gasteiger partial charge in [0, 0.05) is 18.5 Å². The number of β-amino-alcohol motifs (C(OH)–C–C–N with tert-alkyl or cyclic N) is 1. The van der Waals surface area contributed by atoms with Gasteiger partial charge in [-0.1, -0.05) is 18.2 Å². The fraction of sp³-hybridized carbons (Fsp3) is 0.500. The highest BCUT2D eigenvalue weighted by atomic mass is 16.5. The topological polar surface area (TPSA) is 84.7 Å². The zero-order valence-corrected chi connectivity index (χ0v) is 14.7. The minimum atomic E-state index is -0.714. The molecule has 0 saturated carbocycles. The molecular weight excluding hydrogens is 322 g/mol. The maximum Gasteiger partial charge on any atom is 0.275 e. The van der Waals surface area contributed by atoms with Crippen LogP contribution in [0.2, 0.25) is 0 Å². The maximum absolute atomic E-state index is 12.6. The molecule has 2 atom stereocenters. The van der Waals surface area contributed by atoms with Gasteiger partial charge in [0.15, 0.2) is 0 Å². The molecule has 1 fully saturated rings. The molecule has 2 heterocycles. The molecule has 1 amide bonds. The van der Waals surface area contributed by atoms with Crippen molar-refractivity contribution < 1.29 is 14.6 Å². The van der Waals surface area contributed by atoms with Crippen LogP contribution in [0.4, 0.5) is 0 Å². The molecule has 0 unspecified atom stereocenters. The van der Waals surface area contributed by atoms with E-state index >= 15 is 0 Å². The summed E-state index contributed by atoms with van der Waals surface area (Å²) in [5.74, 6) is -0.252. The summed E-state index contributed by atoms with van der Waals surface area (Å²) >= 11 is 0. The second-order valence-corrected chi connectivity index (χ2v) is 6.68. The smallest absolute Gasteiger partial charge is 0.275 e. The van der Waals surface area contributed by atoms with Gasteiger partial charge in [-0.05, 0) is 26.8 Å². The first kappa shape index (κ1) is 17.6. The van der Waals surface area contributed by atoms with E-state index in [1.807, 2.05) is 32.9 Å². The summed E-state index contributed by atoms with van der Waals surface area (Å²) in [5.41, 5.74) is 0.412. The van der Waals surface area contributed by atoms with E-state index in [0.717, 1.165) is 5.39 Å². The Balaban J connectivity index is 1.79. The van der Waals surface area contributed by atoms with Crippen LogP contribution in [0.25, 0.3) is 10.8 Å². The summed E-state index contributed by atoms with van der Waals surface area (Å²) in [4.78, 5) is 26.6. The predicted octanol–water partition coefficient (Wildman–Crippen LogP) is 0.702. The quantitative estimate of drug-likeness (QED) is 0.882. The van der Waals surface area contributed by atoms with Crippen molar-refractivity contribution in [3.63, 3.8) is 0 Å². The van der Waals surface area contributed by atoms with Crippen molar-refractivity contribution in [3.8, 4) is 0 Å². The minimum Gasteiger partial charge on any atom is -0.388 e. The number of benzene rings is 1. The van der Waals surface area contributed by atoms with Crippen LogP contribution in [0.3, 0.4) is 0 Å². The summed E-state index contributed by atoms with van der Waals surface area (Å²) in [6.07, 6.45) is -1.14. The Morgan fingerprint density at radius 3 is 2.68 bits per heavy atom. The van der Waals surface area contributed by atoms with Crippen molar-refractivity contribution in [2.75, 3.05) is 13.1 Å². The number of hydrogen-bond acceptors (Lipinski definition) is 5. The van der Waals surface area contributed by atoms with Gasteiger partial charge in [-0.15, -0.1) is 0 Å². The van der Waals surface area contributed by atoms with E-state index in [1.165, 1.54) is 9.58 Å². The van der Waals surface area contributed by atoms with Crippen molar-refractivity contribution in [2.24, 2.45) is 0 Å². The third-order valence-electron chi connectivity index (χ3n) is 4.37. The third-order valence-corrected chi connectivity index (χ3v) is 4.37. The summed E-state index contributed by atoms with van der Waals surface area (Å²) in [6.45, 7) is 5.97. The summed E-state index contributed by atoms with van der Waals surface area (Å²) in [5, 5.41) is 15.7. The monoisotopic (exact) mass is 345 g/mol. The molecule has 0 spiro atoms. The molecular formula is C18H23N3O4. The standard InChI is InChI=1S/C18H23N3O4/c1-11(2)25-16-9-20(8-15(16)22)17(23)10-21-18(24)14-7-5-4-6-13(14)12(3)19-21/h4-7,11,15-16,22H,8-10H2,1-3H3/t15-,16-/m0/s1. The molecule has 1 N–H and O–H groups in total. The Morgan fingerprint density at radius 2 is 2.00 bits per heavy atom. The van der Waals surface area contributed by atoms with Crippen molar-refractivity contribution >= 4 is 16.7 Å². The summed E-state index contributed by atoms with van der Waals surface area (Å²) in [7, 11) is 0. The number of likely N-dealkylation sites (tertiary alicyclic amines) is 1. The number of carbonyl (C=O) groups excluding carboxylic acids is 1. The highest BCUT2D eigenvalue weighted by Gasteiger charge is 2.35. The van der Waals surface area contributed by atoms with Crippen LogP contribution in [-0.2, 0) is 16.1 Å². The number of carbonyl (C=O) groups is 1. The highest BCUT2D eigenvalue weighted by Crippen LogP contribution is 2.16. The molecule has 1 aliphatic rings. The summed E-state index contributed by atoms with van der Waals surface area (Å²) < 4.78 is 6.82. The van der Waals surface area contributed by atoms with Crippen LogP contribution < -0.4 is 5.56 Å². The number of rotatable bonds is 4. The van der Waals surface area contributed by atoms with E-state index in [-0.39, 0.29) is 30.7 Å². The van der Waals surface area contributed by atoms with Gasteiger partial charge in [-0.2, -0.15) is 5.10 Å². The lowest BCUT2D eigenvalue weighted by atomic mass is 10.1. The number of aliphatic hydroxyl groups is 1. The number of ether oxygens (including phenoxy) is 1. The SMILES string of the molecule is Cc1nn(CC(=O)N2C[C@H](OC(C)C)[C@@H](O)C2)c(=O)c2ccccc12. The first-order chi connectivity index (χ1) is 11.9. The predicted molar refractivity (Wildman–Crippen MR) is 93.3 cm³/mol. The third kappa shape index (κ3) is 3.57. The van der Waals surface area contributed by atoms with E-state index in [1.54, 1.807) is 12.1 Å². The Hall–Kier alpha value is -2.25. The molecule has 0 bridgehead atoms. The van der Waals surface area contributed by atoms with Crippen LogP contribution in [0.5, 0.6) is 0 Å². The average Bonchev–Trinajstić information content (AvgIpc) is 2.92. The van der Waals surface area contributed by atoms with Crippen molar-refractivity contribution in [2.45, 2.75) is 45.6 Å². The Labute approximate surface area is 145 Å². The second kappa shape index (κ2) is 6.93. The van der Waals surface area contributed by atoms with Crippen LogP contribution in [0.15, 0.2) is 29.1 Å². The number of aromatic nitrogens is 2. The molecule has 1 aromatic carbocycles. The lowest BCUT2D eigenvalue weighted by molar-refractivity contribution is -0.131. The molecule has 1 aromatic heterocycles. The molecule has 2 aromatic rings. The van der Waals surface area contributed by atoms with Gasteiger partial charge in [0.05, 0.1) is 23.3 Å². The zero-order chi connectivity index (χ0) is 18.1. The van der Waals surface area contributed by atoms with E-state index in [4.69, 9.17) is 4.74 Å². The van der Waals surface area contributed by atoms with E-state index in [0.29, 0.717) is 17.6 Å². The zero-order valence-electron chi connectivity index (χ0n) is 14.7. The normalized spacial score (nSPS) is 20.6. The molecule has 1 aliphatic heterocycles. The number of fused-ring (bicyclic) bond motifs is 1. The Morgan fingerprint density at radius 1 is 1.32 bits per heavy atom. The van der Waals surface area contributed by atoms with Crippen LogP contribution in [0.1, 0.15) is 19.5 Å². The number of aliphatic hydroxyl groups excluding tert-OH is 1. The molecule has 7 heteroatoms. The fourth-order valence-electron chi connectivity index (χ4n) is 3.18. The molecule has 25 heavy (non-hydrogen) atoms. The molecule has 3 rings (SSSR count). The van der Waals surface area contributed by atoms with Crippen molar-refractivity contribution in [1.82, 2.24) is 14.7 Å². The fourth-order valence-corrected chi connectivity index (χ4v) is 3.18. The average molecular weight is 345 g/mol. The largest absolute Gasteiger partial charge is 0.388 e. The van der Waals surface area contributed by atoms with Crippen LogP contribution in [-0.4, -0.2) is 57.1 Å². The maximum atomic E-state index is 12.6. The molecule has 0 aliphatic carbocycles. The van der Waals surface area contributed by atoms with Crippen LogP contribution in [0, 0.1) is 6.92 Å². The van der Waals surface area contributed by atoms with Gasteiger partial charge < -0.3 is 14.7 Å². The molecule has 134 valence electrons. The van der Waals surface area contributed by atoms with Gasteiger partial charge in [-0.25, -0.2) is 4.68 Å². The lowest BCUT2D eigenvalue weighted by Gasteiger charge is -2.18. The van der Waals surface area contributed by atoms with Crippen LogP contribution >= 0.6 is 0 Å². The second-order valence-electron chi connectivity index (χ2n) is 6.68. The summed E-state index contributed by atoms with van der Waals surface area (Å²) in [6, 6.07) is 7.22. The Kier molecular flexibility index (Phi) is 4.87. The number of hydrogen-bond donors (Lipinski definition) is 1. The van der Waals surface area contributed by atoms with E-state index < -0.39 is 12.2 Å².